The molecular formula is C20H23N5O4. The Morgan fingerprint density at radius 3 is 2.24 bits per heavy atom. The van der Waals surface area contributed by atoms with Crippen LogP contribution in [0.5, 0.6) is 0 Å². The van der Waals surface area contributed by atoms with Gasteiger partial charge in [0.25, 0.3) is 5.91 Å². The Morgan fingerprint density at radius 1 is 1.07 bits per heavy atom. The van der Waals surface area contributed by atoms with Gasteiger partial charge in [0.1, 0.15) is 17.9 Å². The van der Waals surface area contributed by atoms with Gasteiger partial charge in [-0.05, 0) is 24.6 Å². The molecule has 8 N–H and O–H groups in total. The summed E-state index contributed by atoms with van der Waals surface area (Å²) in [6.07, 6.45) is -1.27. The minimum Gasteiger partial charge on any atom is -0.391 e. The zero-order valence-corrected chi connectivity index (χ0v) is 15.7. The van der Waals surface area contributed by atoms with Crippen LogP contribution in [0.4, 0.5) is 0 Å². The van der Waals surface area contributed by atoms with E-state index in [1.807, 2.05) is 0 Å². The molecule has 0 heterocycles. The number of nitrogens with two attached hydrogens (primary N) is 2. The molecule has 0 aromatic heterocycles. The lowest BCUT2D eigenvalue weighted by Gasteiger charge is -2.23. The number of carbonyl (C=O) groups excluding carboxylic acids is 3. The van der Waals surface area contributed by atoms with Gasteiger partial charge in [0.15, 0.2) is 1.41 Å². The van der Waals surface area contributed by atoms with Gasteiger partial charge >= 0.3 is 0 Å². The van der Waals surface area contributed by atoms with Crippen molar-refractivity contribution < 1.29 is 20.9 Å². The van der Waals surface area contributed by atoms with Crippen LogP contribution in [0.25, 0.3) is 0 Å². The highest BCUT2D eigenvalue weighted by Crippen LogP contribution is 2.15. The van der Waals surface area contributed by atoms with Crippen LogP contribution in [0, 0.1) is 5.41 Å². The number of benzene rings is 2. The Kier molecular flexibility index (Phi) is 6.54. The van der Waals surface area contributed by atoms with Gasteiger partial charge in [0, 0.05) is 11.1 Å². The Hall–Kier alpha value is -3.72. The largest absolute Gasteiger partial charge is 0.391 e. The highest BCUT2D eigenvalue weighted by Gasteiger charge is 2.29. The maximum Gasteiger partial charge on any atom is 0.252 e. The van der Waals surface area contributed by atoms with E-state index in [9.17, 15) is 19.5 Å². The molecule has 9 nitrogen and oxygen atoms in total. The first-order valence-corrected chi connectivity index (χ1v) is 8.73. The molecule has 0 aliphatic heterocycles. The Bertz CT molecular complexity index is 951. The van der Waals surface area contributed by atoms with E-state index >= 15 is 0 Å². The molecule has 29 heavy (non-hydrogen) atoms. The van der Waals surface area contributed by atoms with Crippen LogP contribution in [0.2, 0.25) is 1.41 Å². The van der Waals surface area contributed by atoms with Crippen LogP contribution in [0.1, 0.15) is 34.5 Å². The van der Waals surface area contributed by atoms with E-state index < -0.39 is 35.9 Å². The fourth-order valence-corrected chi connectivity index (χ4v) is 2.59. The number of aliphatic hydroxyl groups excluding tert-OH is 1. The van der Waals surface area contributed by atoms with Crippen LogP contribution in [0.3, 0.4) is 0 Å². The van der Waals surface area contributed by atoms with Crippen molar-refractivity contribution in [3.63, 3.8) is 0 Å². The van der Waals surface area contributed by atoms with Crippen molar-refractivity contribution in [3.8, 4) is 0 Å². The van der Waals surface area contributed by atoms with Crippen molar-refractivity contribution in [3.05, 3.63) is 71.3 Å². The summed E-state index contributed by atoms with van der Waals surface area (Å²) in [5.74, 6) is -2.89. The molecule has 2 rings (SSSR count). The topological polar surface area (TPSA) is 171 Å². The monoisotopic (exact) mass is 398 g/mol. The van der Waals surface area contributed by atoms with Crippen molar-refractivity contribution >= 4 is 23.6 Å². The molecule has 0 fully saturated rings. The van der Waals surface area contributed by atoms with E-state index in [1.165, 1.54) is 31.2 Å². The average Bonchev–Trinajstić information content (AvgIpc) is 2.71. The minimum atomic E-state index is -1.43. The van der Waals surface area contributed by atoms with Gasteiger partial charge in [0.2, 0.25) is 11.8 Å². The molecule has 0 spiro atoms. The molecule has 0 saturated carbocycles. The molecule has 0 saturated heterocycles. The summed E-state index contributed by atoms with van der Waals surface area (Å²) in [5, 5.41) is 20.0. The lowest BCUT2D eigenvalue weighted by molar-refractivity contribution is -0.130. The molecule has 3 atom stereocenters. The molecule has 2 aromatic carbocycles. The number of nitrogen functional groups attached to an aromatic ring is 1. The number of primary amides is 1. The second-order valence-corrected chi connectivity index (χ2v) is 6.37. The Balaban J connectivity index is 2.41. The predicted octanol–water partition coefficient (Wildman–Crippen LogP) is -0.207. The number of hydrogen-bond donors (Lipinski definition) is 6. The van der Waals surface area contributed by atoms with E-state index in [1.54, 1.807) is 30.3 Å². The van der Waals surface area contributed by atoms with E-state index in [0.29, 0.717) is 10.9 Å². The number of rotatable bonds is 8. The molecule has 3 amide bonds. The molecule has 0 aliphatic carbocycles. The molecule has 0 unspecified atom stereocenters. The Labute approximate surface area is 169 Å². The van der Waals surface area contributed by atoms with Crippen LogP contribution in [-0.2, 0) is 9.59 Å². The third-order valence-electron chi connectivity index (χ3n) is 4.12. The average molecular weight is 398 g/mol. The van der Waals surface area contributed by atoms with Gasteiger partial charge in [0.05, 0.1) is 6.10 Å². The quantitative estimate of drug-likeness (QED) is 0.266. The lowest BCUT2D eigenvalue weighted by Crippen LogP contribution is -2.53. The molecule has 0 radical (unpaired) electrons. The van der Waals surface area contributed by atoms with E-state index in [-0.39, 0.29) is 17.0 Å². The van der Waals surface area contributed by atoms with Crippen molar-refractivity contribution in [1.29, 1.82) is 5.41 Å². The fraction of sp³-hybridized carbons (Fsp3) is 0.200. The lowest BCUT2D eigenvalue weighted by atomic mass is 10.0. The predicted molar refractivity (Wildman–Crippen MR) is 107 cm³/mol. The van der Waals surface area contributed by atoms with E-state index in [0.717, 1.165) is 0 Å². The molecule has 152 valence electrons. The minimum absolute atomic E-state index is 0.0495. The summed E-state index contributed by atoms with van der Waals surface area (Å²) in [6, 6.07) is 11.0. The summed E-state index contributed by atoms with van der Waals surface area (Å²) in [6.45, 7) is 1.28. The second kappa shape index (κ2) is 9.47. The van der Waals surface area contributed by atoms with E-state index in [2.05, 4.69) is 5.32 Å². The van der Waals surface area contributed by atoms with Crippen molar-refractivity contribution in [2.24, 2.45) is 11.5 Å². The fourth-order valence-electron chi connectivity index (χ4n) is 2.59. The highest BCUT2D eigenvalue weighted by molar-refractivity contribution is 6.01. The normalized spacial score (nSPS) is 14.1. The van der Waals surface area contributed by atoms with Crippen LogP contribution in [-0.4, -0.2) is 40.8 Å². The maximum absolute atomic E-state index is 12.9. The van der Waals surface area contributed by atoms with Gasteiger partial charge in [-0.15, -0.1) is 0 Å². The third-order valence-corrected chi connectivity index (χ3v) is 4.12. The van der Waals surface area contributed by atoms with Gasteiger partial charge in [-0.3, -0.25) is 19.8 Å². The van der Waals surface area contributed by atoms with Gasteiger partial charge in [-0.1, -0.05) is 42.5 Å². The SMILES string of the molecule is [2H]N(C(=O)c1cccc(C(=N)N)c1)[C@@H](C(=O)N[C@H](C(N)=O)[C@@H](C)O)c1ccccc1. The van der Waals surface area contributed by atoms with Crippen LogP contribution in [0.15, 0.2) is 54.6 Å². The number of hydrogen-bond acceptors (Lipinski definition) is 5. The summed E-state index contributed by atoms with van der Waals surface area (Å²) in [7, 11) is 0. The number of amidine groups is 1. The van der Waals surface area contributed by atoms with E-state index in [4.69, 9.17) is 18.3 Å². The molecule has 0 bridgehead atoms. The van der Waals surface area contributed by atoms with Gasteiger partial charge < -0.3 is 27.2 Å². The van der Waals surface area contributed by atoms with Crippen LogP contribution >= 0.6 is 0 Å². The zero-order chi connectivity index (χ0) is 22.4. The van der Waals surface area contributed by atoms with Crippen molar-refractivity contribution in [2.75, 3.05) is 0 Å². The van der Waals surface area contributed by atoms with Gasteiger partial charge in [-0.25, -0.2) is 0 Å². The first kappa shape index (κ1) is 20.0. The zero-order valence-electron chi connectivity index (χ0n) is 16.7. The standard InChI is InChI=1S/C20H23N5O4/c1-11(26)15(18(23)27)24-20(29)16(12-6-3-2-4-7-12)25-19(28)14-9-5-8-13(10-14)17(21)22/h2-11,15-16,26H,1H3,(H3,21,22)(H2,23,27)(H,24,29)(H,25,28)/t11-,15+,16-/m1/s1/i/hD. The number of amides is 3. The van der Waals surface area contributed by atoms with Crippen molar-refractivity contribution in [2.45, 2.75) is 25.1 Å². The molecule has 0 aliphatic rings. The van der Waals surface area contributed by atoms with Crippen molar-refractivity contribution in [1.82, 2.24) is 10.6 Å². The second-order valence-electron chi connectivity index (χ2n) is 6.37. The first-order chi connectivity index (χ1) is 14.1. The highest BCUT2D eigenvalue weighted by atomic mass is 16.3. The third kappa shape index (κ3) is 5.63. The molecule has 9 heteroatoms. The van der Waals surface area contributed by atoms with Crippen LogP contribution < -0.4 is 22.1 Å². The summed E-state index contributed by atoms with van der Waals surface area (Å²) in [4.78, 5) is 37.4. The molecule has 2 aromatic rings. The Morgan fingerprint density at radius 2 is 1.69 bits per heavy atom. The number of aliphatic hydroxyl groups is 1. The molecular weight excluding hydrogens is 374 g/mol. The summed E-state index contributed by atoms with van der Waals surface area (Å²) < 4.78 is 8.34. The maximum atomic E-state index is 12.9. The number of carbonyl (C=O) groups is 3. The summed E-state index contributed by atoms with van der Waals surface area (Å²) >= 11 is 0. The van der Waals surface area contributed by atoms with Gasteiger partial charge in [-0.2, -0.15) is 0 Å². The number of nitrogens with one attached hydrogen (secondary N) is 3. The first-order valence-electron chi connectivity index (χ1n) is 9.17. The summed E-state index contributed by atoms with van der Waals surface area (Å²) in [5.41, 5.74) is 11.3. The smallest absolute Gasteiger partial charge is 0.252 e.